The fourth-order valence-corrected chi connectivity index (χ4v) is 4.95. The van der Waals surface area contributed by atoms with Crippen molar-refractivity contribution in [1.29, 1.82) is 0 Å². The van der Waals surface area contributed by atoms with Gasteiger partial charge in [-0.15, -0.1) is 0 Å². The van der Waals surface area contributed by atoms with Gasteiger partial charge in [0.05, 0.1) is 41.0 Å². The third-order valence-electron chi connectivity index (χ3n) is 6.36. The summed E-state index contributed by atoms with van der Waals surface area (Å²) in [6, 6.07) is 8.17. The zero-order valence-electron chi connectivity index (χ0n) is 19.2. The second-order valence-electron chi connectivity index (χ2n) is 8.70. The van der Waals surface area contributed by atoms with Crippen molar-refractivity contribution in [3.05, 3.63) is 52.9 Å². The van der Waals surface area contributed by atoms with Crippen LogP contribution in [0.5, 0.6) is 11.5 Å². The number of nitrogens with one attached hydrogen (secondary N) is 4. The van der Waals surface area contributed by atoms with E-state index in [9.17, 15) is 4.79 Å². The summed E-state index contributed by atoms with van der Waals surface area (Å²) in [5, 5.41) is 10.4. The Balaban J connectivity index is 1.55. The van der Waals surface area contributed by atoms with Crippen LogP contribution in [0, 0.1) is 0 Å². The Hall–Kier alpha value is -3.23. The number of aromatic nitrogens is 2. The van der Waals surface area contributed by atoms with E-state index in [0.717, 1.165) is 29.8 Å². The van der Waals surface area contributed by atoms with Gasteiger partial charge in [-0.25, -0.2) is 0 Å². The van der Waals surface area contributed by atoms with Gasteiger partial charge in [0.25, 0.3) is 5.91 Å². The second kappa shape index (κ2) is 9.56. The van der Waals surface area contributed by atoms with E-state index in [0.29, 0.717) is 65.1 Å². The maximum atomic E-state index is 12.9. The van der Waals surface area contributed by atoms with E-state index in [1.54, 1.807) is 25.6 Å². The molecule has 3 aromatic rings. The van der Waals surface area contributed by atoms with Crippen LogP contribution in [0.3, 0.4) is 0 Å². The van der Waals surface area contributed by atoms with Crippen molar-refractivity contribution < 1.29 is 14.3 Å². The van der Waals surface area contributed by atoms with E-state index < -0.39 is 0 Å². The highest BCUT2D eigenvalue weighted by atomic mass is 35.5. The fourth-order valence-electron chi connectivity index (χ4n) is 4.70. The van der Waals surface area contributed by atoms with Crippen molar-refractivity contribution in [2.45, 2.75) is 38.3 Å². The topological polar surface area (TPSA) is 100 Å². The molecule has 8 nitrogen and oxygen atoms in total. The predicted molar refractivity (Wildman–Crippen MR) is 132 cm³/mol. The number of nitrogens with zero attached hydrogens (tertiary/aromatic N) is 1. The number of hydrogen-bond donors (Lipinski definition) is 4. The van der Waals surface area contributed by atoms with Crippen LogP contribution in [0.2, 0.25) is 5.02 Å². The molecule has 2 aromatic heterocycles. The number of anilines is 2. The number of methoxy groups -OCH3 is 1. The molecule has 1 aromatic carbocycles. The highest BCUT2D eigenvalue weighted by Gasteiger charge is 2.29. The predicted octanol–water partition coefficient (Wildman–Crippen LogP) is 4.29. The first-order valence-corrected chi connectivity index (χ1v) is 11.9. The highest BCUT2D eigenvalue weighted by molar-refractivity contribution is 6.32. The van der Waals surface area contributed by atoms with Gasteiger partial charge >= 0.3 is 0 Å². The lowest BCUT2D eigenvalue weighted by Gasteiger charge is -2.18. The fraction of sp³-hybridized carbons (Fsp3) is 0.360. The average Bonchev–Trinajstić information content (AvgIpc) is 3.42. The largest absolute Gasteiger partial charge is 0.493 e. The summed E-state index contributed by atoms with van der Waals surface area (Å²) < 4.78 is 11.8. The third kappa shape index (κ3) is 4.31. The number of halogens is 1. The van der Waals surface area contributed by atoms with Gasteiger partial charge in [0, 0.05) is 42.5 Å². The number of amides is 1. The van der Waals surface area contributed by atoms with Crippen LogP contribution in [0.4, 0.5) is 11.4 Å². The molecule has 0 unspecified atom stereocenters. The van der Waals surface area contributed by atoms with Crippen molar-refractivity contribution in [3.63, 3.8) is 0 Å². The lowest BCUT2D eigenvalue weighted by Crippen LogP contribution is -2.32. The Morgan fingerprint density at radius 2 is 2.15 bits per heavy atom. The molecule has 2 aliphatic heterocycles. The Bertz CT molecular complexity index is 1210. The summed E-state index contributed by atoms with van der Waals surface area (Å²) in [6.07, 6.45) is 6.36. The summed E-state index contributed by atoms with van der Waals surface area (Å²) in [7, 11) is 1.57. The molecule has 0 aliphatic carbocycles. The molecule has 1 saturated heterocycles. The quantitative estimate of drug-likeness (QED) is 0.402. The first-order valence-electron chi connectivity index (χ1n) is 11.5. The standard InChI is InChI=1S/C25H28ClN5O3/c1-14-6-7-15(29-14)13-34-20-12-27-10-8-16(20)22-23(21-18(30-22)9-11-28-25(21)32)31-19-5-3-4-17(26)24(19)33-2/h3-5,8,10,12,14-15,29-31H,6-7,9,11,13H2,1-2H3,(H,28,32)/t14-,15-/m1/s1. The molecule has 0 saturated carbocycles. The molecule has 9 heteroatoms. The molecule has 5 rings (SSSR count). The molecule has 1 fully saturated rings. The minimum atomic E-state index is -0.132. The number of H-pyrrole nitrogens is 1. The van der Waals surface area contributed by atoms with Crippen molar-refractivity contribution in [3.8, 4) is 22.8 Å². The molecule has 0 radical (unpaired) electrons. The van der Waals surface area contributed by atoms with Gasteiger partial charge in [-0.1, -0.05) is 17.7 Å². The van der Waals surface area contributed by atoms with E-state index >= 15 is 0 Å². The van der Waals surface area contributed by atoms with Crippen LogP contribution in [0.25, 0.3) is 11.3 Å². The molecule has 4 heterocycles. The molecular formula is C25H28ClN5O3. The van der Waals surface area contributed by atoms with E-state index in [-0.39, 0.29) is 5.91 Å². The summed E-state index contributed by atoms with van der Waals surface area (Å²) in [5.41, 5.74) is 4.35. The van der Waals surface area contributed by atoms with E-state index in [1.165, 1.54) is 0 Å². The van der Waals surface area contributed by atoms with Gasteiger partial charge in [-0.2, -0.15) is 0 Å². The lowest BCUT2D eigenvalue weighted by atomic mass is 10.0. The minimum Gasteiger partial charge on any atom is -0.493 e. The first kappa shape index (κ1) is 22.6. The first-order chi connectivity index (χ1) is 16.5. The average molecular weight is 482 g/mol. The van der Waals surface area contributed by atoms with Crippen LogP contribution in [0.15, 0.2) is 36.7 Å². The van der Waals surface area contributed by atoms with Crippen molar-refractivity contribution >= 4 is 28.9 Å². The molecule has 1 amide bonds. The van der Waals surface area contributed by atoms with Crippen molar-refractivity contribution in [2.75, 3.05) is 25.6 Å². The number of para-hydroxylation sites is 1. The van der Waals surface area contributed by atoms with Crippen LogP contribution in [-0.4, -0.2) is 48.2 Å². The van der Waals surface area contributed by atoms with Crippen LogP contribution >= 0.6 is 11.6 Å². The molecule has 0 spiro atoms. The Kier molecular flexibility index (Phi) is 6.34. The number of hydrogen-bond acceptors (Lipinski definition) is 6. The Labute approximate surface area is 203 Å². The molecule has 178 valence electrons. The van der Waals surface area contributed by atoms with Gasteiger partial charge in [0.1, 0.15) is 12.4 Å². The second-order valence-corrected chi connectivity index (χ2v) is 9.11. The number of carbonyl (C=O) groups is 1. The maximum Gasteiger partial charge on any atom is 0.255 e. The number of fused-ring (bicyclic) bond motifs is 1. The SMILES string of the molecule is COc1c(Cl)cccc1Nc1c(-c2ccncc2OC[C@H]2CC[C@@H](C)N2)[nH]c2c1C(=O)NCC2. The summed E-state index contributed by atoms with van der Waals surface area (Å²) >= 11 is 6.35. The lowest BCUT2D eigenvalue weighted by molar-refractivity contribution is 0.0947. The Morgan fingerprint density at radius 1 is 1.26 bits per heavy atom. The molecule has 4 N–H and O–H groups in total. The number of rotatable bonds is 7. The molecule has 34 heavy (non-hydrogen) atoms. The summed E-state index contributed by atoms with van der Waals surface area (Å²) in [4.78, 5) is 20.7. The van der Waals surface area contributed by atoms with Gasteiger partial charge in [0.2, 0.25) is 0 Å². The van der Waals surface area contributed by atoms with Gasteiger partial charge in [-0.3, -0.25) is 9.78 Å². The van der Waals surface area contributed by atoms with E-state index in [2.05, 4.69) is 32.8 Å². The highest BCUT2D eigenvalue weighted by Crippen LogP contribution is 2.42. The zero-order chi connectivity index (χ0) is 23.7. The summed E-state index contributed by atoms with van der Waals surface area (Å²) in [5.74, 6) is 1.03. The van der Waals surface area contributed by atoms with Crippen LogP contribution in [0.1, 0.15) is 35.8 Å². The zero-order valence-corrected chi connectivity index (χ0v) is 20.0. The number of aromatic amines is 1. The van der Waals surface area contributed by atoms with Gasteiger partial charge in [0.15, 0.2) is 5.75 Å². The molecular weight excluding hydrogens is 454 g/mol. The summed E-state index contributed by atoms with van der Waals surface area (Å²) in [6.45, 7) is 3.32. The number of ether oxygens (including phenoxy) is 2. The molecule has 0 bridgehead atoms. The molecule has 2 aliphatic rings. The smallest absolute Gasteiger partial charge is 0.255 e. The number of carbonyl (C=O) groups excluding carboxylic acids is 1. The Morgan fingerprint density at radius 3 is 2.94 bits per heavy atom. The number of pyridine rings is 1. The maximum absolute atomic E-state index is 12.9. The van der Waals surface area contributed by atoms with Gasteiger partial charge in [-0.05, 0) is 38.0 Å². The molecule has 2 atom stereocenters. The van der Waals surface area contributed by atoms with E-state index in [1.807, 2.05) is 18.2 Å². The van der Waals surface area contributed by atoms with Gasteiger partial charge < -0.3 is 30.4 Å². The number of benzene rings is 1. The minimum absolute atomic E-state index is 0.132. The van der Waals surface area contributed by atoms with E-state index in [4.69, 9.17) is 21.1 Å². The normalized spacial score (nSPS) is 19.4. The van der Waals surface area contributed by atoms with Crippen molar-refractivity contribution in [1.82, 2.24) is 20.6 Å². The van der Waals surface area contributed by atoms with Crippen LogP contribution < -0.4 is 25.4 Å². The third-order valence-corrected chi connectivity index (χ3v) is 6.66. The van der Waals surface area contributed by atoms with Crippen molar-refractivity contribution in [2.24, 2.45) is 0 Å². The van der Waals surface area contributed by atoms with Crippen LogP contribution in [-0.2, 0) is 6.42 Å². The monoisotopic (exact) mass is 481 g/mol.